The van der Waals surface area contributed by atoms with Crippen molar-refractivity contribution in [2.45, 2.75) is 38.1 Å². The van der Waals surface area contributed by atoms with Crippen molar-refractivity contribution in [2.75, 3.05) is 32.1 Å². The first-order valence-corrected chi connectivity index (χ1v) is 8.02. The number of hydrogen-bond acceptors (Lipinski definition) is 4. The summed E-state index contributed by atoms with van der Waals surface area (Å²) in [5, 5.41) is 7.38. The van der Waals surface area contributed by atoms with E-state index in [1.807, 2.05) is 6.92 Å². The molecule has 0 aliphatic carbocycles. The topological polar surface area (TPSA) is 62.7 Å². The van der Waals surface area contributed by atoms with Gasteiger partial charge in [0, 0.05) is 31.9 Å². The van der Waals surface area contributed by atoms with Crippen molar-refractivity contribution in [1.82, 2.24) is 10.6 Å². The van der Waals surface area contributed by atoms with Crippen molar-refractivity contribution in [2.24, 2.45) is 4.99 Å². The Morgan fingerprint density at radius 3 is 3.05 bits per heavy atom. The minimum absolute atomic E-state index is 0.0926. The Labute approximate surface area is 119 Å². The Kier molecular flexibility index (Phi) is 5.51. The van der Waals surface area contributed by atoms with Crippen LogP contribution in [0.25, 0.3) is 0 Å². The van der Waals surface area contributed by atoms with Gasteiger partial charge in [-0.1, -0.05) is 18.7 Å². The number of amidine groups is 1. The van der Waals surface area contributed by atoms with E-state index in [0.717, 1.165) is 49.9 Å². The zero-order chi connectivity index (χ0) is 13.6. The molecule has 0 bridgehead atoms. The molecule has 2 fully saturated rings. The van der Waals surface area contributed by atoms with Gasteiger partial charge in [0.1, 0.15) is 0 Å². The summed E-state index contributed by atoms with van der Waals surface area (Å²) >= 11 is 1.77. The molecule has 0 aromatic rings. The van der Waals surface area contributed by atoms with Crippen LogP contribution >= 0.6 is 11.8 Å². The van der Waals surface area contributed by atoms with E-state index in [1.165, 1.54) is 0 Å². The fourth-order valence-electron chi connectivity index (χ4n) is 2.23. The zero-order valence-electron chi connectivity index (χ0n) is 11.5. The fourth-order valence-corrected chi connectivity index (χ4v) is 3.48. The molecule has 19 heavy (non-hydrogen) atoms. The fraction of sp³-hybridized carbons (Fsp3) is 0.846. The van der Waals surface area contributed by atoms with E-state index in [-0.39, 0.29) is 11.4 Å². The average Bonchev–Trinajstić information content (AvgIpc) is 2.80. The van der Waals surface area contributed by atoms with E-state index in [9.17, 15) is 4.79 Å². The summed E-state index contributed by atoms with van der Waals surface area (Å²) in [6.45, 7) is 5.04. The second-order valence-corrected chi connectivity index (χ2v) is 6.06. The molecule has 5 nitrogen and oxygen atoms in total. The third-order valence-corrected chi connectivity index (χ3v) is 4.68. The predicted octanol–water partition coefficient (Wildman–Crippen LogP) is 1.14. The lowest BCUT2D eigenvalue weighted by Crippen LogP contribution is -2.48. The number of rotatable bonds is 5. The highest BCUT2D eigenvalue weighted by Gasteiger charge is 2.38. The van der Waals surface area contributed by atoms with E-state index in [4.69, 9.17) is 4.74 Å². The molecule has 0 aromatic heterocycles. The van der Waals surface area contributed by atoms with Crippen molar-refractivity contribution >= 4 is 22.8 Å². The van der Waals surface area contributed by atoms with E-state index >= 15 is 0 Å². The molecule has 2 heterocycles. The maximum atomic E-state index is 11.4. The molecule has 2 N–H and O–H groups in total. The van der Waals surface area contributed by atoms with Gasteiger partial charge < -0.3 is 15.4 Å². The molecule has 2 aliphatic rings. The van der Waals surface area contributed by atoms with Gasteiger partial charge in [0.05, 0.1) is 12.1 Å². The first-order chi connectivity index (χ1) is 9.24. The normalized spacial score (nSPS) is 23.5. The molecule has 2 rings (SSSR count). The Balaban J connectivity index is 1.71. The summed E-state index contributed by atoms with van der Waals surface area (Å²) in [7, 11) is 0. The Hall–Kier alpha value is -0.750. The van der Waals surface area contributed by atoms with E-state index in [0.29, 0.717) is 13.0 Å². The number of nitrogens with zero attached hydrogens (tertiary/aromatic N) is 1. The van der Waals surface area contributed by atoms with Crippen LogP contribution in [0.5, 0.6) is 0 Å². The number of hydrogen-bond donors (Lipinski definition) is 2. The molecular formula is C13H23N3O2S. The quantitative estimate of drug-likeness (QED) is 0.795. The van der Waals surface area contributed by atoms with Crippen LogP contribution < -0.4 is 10.6 Å². The van der Waals surface area contributed by atoms with E-state index in [1.54, 1.807) is 11.8 Å². The van der Waals surface area contributed by atoms with Crippen LogP contribution in [0.15, 0.2) is 4.99 Å². The average molecular weight is 285 g/mol. The Bertz CT molecular complexity index is 341. The monoisotopic (exact) mass is 285 g/mol. The Morgan fingerprint density at radius 2 is 2.32 bits per heavy atom. The molecule has 1 amide bonds. The van der Waals surface area contributed by atoms with Crippen LogP contribution in [0.2, 0.25) is 0 Å². The molecule has 0 aromatic carbocycles. The first kappa shape index (κ1) is 14.7. The van der Waals surface area contributed by atoms with Gasteiger partial charge in [-0.3, -0.25) is 9.79 Å². The minimum Gasteiger partial charge on any atom is -0.381 e. The molecule has 2 saturated heterocycles. The van der Waals surface area contributed by atoms with Gasteiger partial charge in [0.25, 0.3) is 0 Å². The minimum atomic E-state index is 0.0926. The van der Waals surface area contributed by atoms with Gasteiger partial charge in [-0.2, -0.15) is 0 Å². The lowest BCUT2D eigenvalue weighted by molar-refractivity contribution is -0.120. The van der Waals surface area contributed by atoms with Crippen LogP contribution in [0.1, 0.15) is 32.6 Å². The van der Waals surface area contributed by atoms with Crippen molar-refractivity contribution in [3.05, 3.63) is 0 Å². The molecule has 2 aliphatic heterocycles. The largest absolute Gasteiger partial charge is 0.381 e. The second kappa shape index (κ2) is 7.14. The van der Waals surface area contributed by atoms with E-state index < -0.39 is 0 Å². The summed E-state index contributed by atoms with van der Waals surface area (Å²) in [6.07, 6.45) is 3.55. The second-order valence-electron chi connectivity index (χ2n) is 5.09. The number of nitrogens with one attached hydrogen (secondary N) is 2. The smallest absolute Gasteiger partial charge is 0.221 e. The SMILES string of the molecule is CCCNC(=O)CCN=C1NC2(CCOCC2)CS1. The lowest BCUT2D eigenvalue weighted by atomic mass is 9.93. The summed E-state index contributed by atoms with van der Waals surface area (Å²) in [6, 6.07) is 0. The number of carbonyl (C=O) groups excluding carboxylic acids is 1. The predicted molar refractivity (Wildman–Crippen MR) is 78.6 cm³/mol. The molecular weight excluding hydrogens is 262 g/mol. The molecule has 108 valence electrons. The first-order valence-electron chi connectivity index (χ1n) is 7.04. The third-order valence-electron chi connectivity index (χ3n) is 3.47. The number of carbonyl (C=O) groups is 1. The highest BCUT2D eigenvalue weighted by atomic mass is 32.2. The van der Waals surface area contributed by atoms with Crippen LogP contribution in [-0.4, -0.2) is 48.7 Å². The zero-order valence-corrected chi connectivity index (χ0v) is 12.4. The number of amides is 1. The van der Waals surface area contributed by atoms with Gasteiger partial charge in [-0.25, -0.2) is 0 Å². The molecule has 0 unspecified atom stereocenters. The standard InChI is InChI=1S/C13H23N3O2S/c1-2-6-14-11(17)3-7-15-12-16-13(10-19-12)4-8-18-9-5-13/h2-10H2,1H3,(H,14,17)(H,15,16). The van der Waals surface area contributed by atoms with Crippen LogP contribution in [0.3, 0.4) is 0 Å². The van der Waals surface area contributed by atoms with Crippen molar-refractivity contribution in [3.63, 3.8) is 0 Å². The highest BCUT2D eigenvalue weighted by Crippen LogP contribution is 2.31. The summed E-state index contributed by atoms with van der Waals surface area (Å²) in [4.78, 5) is 15.9. The van der Waals surface area contributed by atoms with Crippen molar-refractivity contribution in [1.29, 1.82) is 0 Å². The summed E-state index contributed by atoms with van der Waals surface area (Å²) < 4.78 is 5.40. The molecule has 0 saturated carbocycles. The maximum Gasteiger partial charge on any atom is 0.221 e. The lowest BCUT2D eigenvalue weighted by Gasteiger charge is -2.32. The molecule has 0 atom stereocenters. The van der Waals surface area contributed by atoms with Crippen molar-refractivity contribution in [3.8, 4) is 0 Å². The molecule has 6 heteroatoms. The highest BCUT2D eigenvalue weighted by molar-refractivity contribution is 8.14. The van der Waals surface area contributed by atoms with Gasteiger partial charge in [-0.15, -0.1) is 0 Å². The number of ether oxygens (including phenoxy) is 1. The third kappa shape index (κ3) is 4.38. The van der Waals surface area contributed by atoms with Gasteiger partial charge >= 0.3 is 0 Å². The van der Waals surface area contributed by atoms with Crippen LogP contribution in [0.4, 0.5) is 0 Å². The number of aliphatic imine (C=N–C) groups is 1. The van der Waals surface area contributed by atoms with Crippen LogP contribution in [0, 0.1) is 0 Å². The summed E-state index contributed by atoms with van der Waals surface area (Å²) in [5.41, 5.74) is 0.187. The van der Waals surface area contributed by atoms with Gasteiger partial charge in [-0.05, 0) is 19.3 Å². The summed E-state index contributed by atoms with van der Waals surface area (Å²) in [5.74, 6) is 1.16. The number of thioether (sulfide) groups is 1. The maximum absolute atomic E-state index is 11.4. The Morgan fingerprint density at radius 1 is 1.53 bits per heavy atom. The molecule has 0 radical (unpaired) electrons. The van der Waals surface area contributed by atoms with Crippen LogP contribution in [-0.2, 0) is 9.53 Å². The van der Waals surface area contributed by atoms with Gasteiger partial charge in [0.2, 0.25) is 5.91 Å². The van der Waals surface area contributed by atoms with E-state index in [2.05, 4.69) is 15.6 Å². The van der Waals surface area contributed by atoms with Crippen molar-refractivity contribution < 1.29 is 9.53 Å². The van der Waals surface area contributed by atoms with Gasteiger partial charge in [0.15, 0.2) is 5.17 Å². The molecule has 1 spiro atoms.